The molecule has 0 aliphatic carbocycles. The molecule has 0 fully saturated rings. The average molecular weight is 263 g/mol. The van der Waals surface area contributed by atoms with Crippen molar-refractivity contribution < 1.29 is 4.42 Å². The zero-order chi connectivity index (χ0) is 12.7. The highest BCUT2D eigenvalue weighted by Gasteiger charge is 2.10. The van der Waals surface area contributed by atoms with Gasteiger partial charge in [-0.15, -0.1) is 0 Å². The summed E-state index contributed by atoms with van der Waals surface area (Å²) in [6.45, 7) is 2.35. The quantitative estimate of drug-likeness (QED) is 0.721. The summed E-state index contributed by atoms with van der Waals surface area (Å²) in [6.07, 6.45) is 1.61. The van der Waals surface area contributed by atoms with E-state index in [0.29, 0.717) is 23.1 Å². The van der Waals surface area contributed by atoms with E-state index in [9.17, 15) is 0 Å². The number of nitrogens with two attached hydrogens (primary N) is 1. The van der Waals surface area contributed by atoms with Gasteiger partial charge in [0.2, 0.25) is 5.89 Å². The van der Waals surface area contributed by atoms with Crippen molar-refractivity contribution in [2.75, 3.05) is 5.73 Å². The van der Waals surface area contributed by atoms with Gasteiger partial charge in [0.1, 0.15) is 12.1 Å². The van der Waals surface area contributed by atoms with Crippen LogP contribution >= 0.6 is 11.6 Å². The number of hydrogen-bond donors (Lipinski definition) is 1. The molecule has 18 heavy (non-hydrogen) atoms. The Morgan fingerprint density at radius 2 is 2.28 bits per heavy atom. The predicted octanol–water partition coefficient (Wildman–Crippen LogP) is 2.62. The van der Waals surface area contributed by atoms with Gasteiger partial charge in [-0.05, 0) is 25.1 Å². The topological polar surface area (TPSA) is 69.9 Å². The summed E-state index contributed by atoms with van der Waals surface area (Å²) in [5, 5.41) is 4.79. The van der Waals surface area contributed by atoms with E-state index in [4.69, 9.17) is 21.8 Å². The Morgan fingerprint density at radius 1 is 1.44 bits per heavy atom. The van der Waals surface area contributed by atoms with Crippen LogP contribution in [0.5, 0.6) is 0 Å². The molecule has 0 unspecified atom stereocenters. The van der Waals surface area contributed by atoms with E-state index in [2.05, 4.69) is 10.1 Å². The predicted molar refractivity (Wildman–Crippen MR) is 69.5 cm³/mol. The molecule has 92 valence electrons. The van der Waals surface area contributed by atoms with Crippen LogP contribution in [0.25, 0.3) is 11.1 Å². The van der Waals surface area contributed by atoms with Crippen molar-refractivity contribution in [3.63, 3.8) is 0 Å². The SMILES string of the molecule is Cc1c(Cl)cnn1Cc1nc2cc(N)ccc2o1. The molecule has 0 radical (unpaired) electrons. The highest BCUT2D eigenvalue weighted by atomic mass is 35.5. The summed E-state index contributed by atoms with van der Waals surface area (Å²) in [5.74, 6) is 0.582. The first-order valence-electron chi connectivity index (χ1n) is 5.46. The van der Waals surface area contributed by atoms with Crippen LogP contribution in [0.3, 0.4) is 0 Å². The molecule has 3 rings (SSSR count). The fraction of sp³-hybridized carbons (Fsp3) is 0.167. The maximum absolute atomic E-state index is 5.94. The van der Waals surface area contributed by atoms with E-state index in [-0.39, 0.29) is 0 Å². The van der Waals surface area contributed by atoms with E-state index in [0.717, 1.165) is 16.8 Å². The van der Waals surface area contributed by atoms with Gasteiger partial charge in [-0.1, -0.05) is 11.6 Å². The molecule has 0 amide bonds. The van der Waals surface area contributed by atoms with Crippen LogP contribution in [0.15, 0.2) is 28.8 Å². The molecule has 0 saturated heterocycles. The number of hydrogen-bond acceptors (Lipinski definition) is 4. The normalized spacial score (nSPS) is 11.2. The Kier molecular flexibility index (Phi) is 2.48. The second kappa shape index (κ2) is 4.03. The summed E-state index contributed by atoms with van der Waals surface area (Å²) in [5.41, 5.74) is 8.72. The minimum absolute atomic E-state index is 0.452. The van der Waals surface area contributed by atoms with E-state index in [1.54, 1.807) is 23.0 Å². The second-order valence-corrected chi connectivity index (χ2v) is 4.48. The van der Waals surface area contributed by atoms with E-state index >= 15 is 0 Å². The number of aromatic nitrogens is 3. The smallest absolute Gasteiger partial charge is 0.217 e. The molecule has 0 atom stereocenters. The van der Waals surface area contributed by atoms with Gasteiger partial charge in [0, 0.05) is 5.69 Å². The van der Waals surface area contributed by atoms with Crippen molar-refractivity contribution in [1.82, 2.24) is 14.8 Å². The highest BCUT2D eigenvalue weighted by molar-refractivity contribution is 6.31. The molecule has 6 heteroatoms. The van der Waals surface area contributed by atoms with Crippen LogP contribution in [0, 0.1) is 6.92 Å². The lowest BCUT2D eigenvalue weighted by molar-refractivity contribution is 0.487. The minimum atomic E-state index is 0.452. The Labute approximate surface area is 108 Å². The van der Waals surface area contributed by atoms with Crippen molar-refractivity contribution in [3.05, 3.63) is 41.0 Å². The second-order valence-electron chi connectivity index (χ2n) is 4.07. The van der Waals surface area contributed by atoms with E-state index in [1.165, 1.54) is 0 Å². The highest BCUT2D eigenvalue weighted by Crippen LogP contribution is 2.20. The third-order valence-electron chi connectivity index (χ3n) is 2.78. The molecule has 0 aliphatic heterocycles. The number of halogens is 1. The molecule has 2 aromatic heterocycles. The molecule has 0 aliphatic rings. The van der Waals surface area contributed by atoms with Gasteiger partial charge in [0.25, 0.3) is 0 Å². The lowest BCUT2D eigenvalue weighted by Gasteiger charge is -1.99. The number of nitrogen functional groups attached to an aromatic ring is 1. The first kappa shape index (κ1) is 11.1. The molecule has 0 bridgehead atoms. The summed E-state index contributed by atoms with van der Waals surface area (Å²) in [6, 6.07) is 5.38. The van der Waals surface area contributed by atoms with Gasteiger partial charge in [0.05, 0.1) is 16.9 Å². The Balaban J connectivity index is 1.98. The van der Waals surface area contributed by atoms with Crippen molar-refractivity contribution in [3.8, 4) is 0 Å². The van der Waals surface area contributed by atoms with E-state index in [1.807, 2.05) is 13.0 Å². The number of oxazole rings is 1. The Hall–Kier alpha value is -2.01. The van der Waals surface area contributed by atoms with Gasteiger partial charge in [-0.3, -0.25) is 4.68 Å². The van der Waals surface area contributed by atoms with E-state index < -0.39 is 0 Å². The molecule has 3 aromatic rings. The van der Waals surface area contributed by atoms with Gasteiger partial charge >= 0.3 is 0 Å². The number of nitrogens with zero attached hydrogens (tertiary/aromatic N) is 3. The zero-order valence-corrected chi connectivity index (χ0v) is 10.5. The number of anilines is 1. The first-order valence-corrected chi connectivity index (χ1v) is 5.84. The maximum Gasteiger partial charge on any atom is 0.217 e. The van der Waals surface area contributed by atoms with Crippen LogP contribution in [0.2, 0.25) is 5.02 Å². The zero-order valence-electron chi connectivity index (χ0n) is 9.72. The molecule has 2 heterocycles. The standard InChI is InChI=1S/C12H11ClN4O/c1-7-9(13)5-15-17(7)6-12-16-10-4-8(14)2-3-11(10)18-12/h2-5H,6,14H2,1H3. The molecule has 2 N–H and O–H groups in total. The lowest BCUT2D eigenvalue weighted by Crippen LogP contribution is -2.03. The van der Waals surface area contributed by atoms with Crippen LogP contribution in [-0.4, -0.2) is 14.8 Å². The van der Waals surface area contributed by atoms with Gasteiger partial charge in [0.15, 0.2) is 5.58 Å². The number of fused-ring (bicyclic) bond motifs is 1. The maximum atomic E-state index is 5.94. The van der Waals surface area contributed by atoms with Gasteiger partial charge in [-0.25, -0.2) is 4.98 Å². The molecule has 0 spiro atoms. The molecule has 1 aromatic carbocycles. The van der Waals surface area contributed by atoms with Crippen LogP contribution in [0.4, 0.5) is 5.69 Å². The largest absolute Gasteiger partial charge is 0.439 e. The van der Waals surface area contributed by atoms with Crippen molar-refractivity contribution in [2.24, 2.45) is 0 Å². The summed E-state index contributed by atoms with van der Waals surface area (Å²) in [7, 11) is 0. The van der Waals surface area contributed by atoms with Crippen LogP contribution < -0.4 is 5.73 Å². The fourth-order valence-electron chi connectivity index (χ4n) is 1.77. The average Bonchev–Trinajstić information content (AvgIpc) is 2.86. The summed E-state index contributed by atoms with van der Waals surface area (Å²) >= 11 is 5.94. The third-order valence-corrected chi connectivity index (χ3v) is 3.16. The van der Waals surface area contributed by atoms with Crippen LogP contribution in [-0.2, 0) is 6.54 Å². The van der Waals surface area contributed by atoms with Crippen LogP contribution in [0.1, 0.15) is 11.6 Å². The number of benzene rings is 1. The first-order chi connectivity index (χ1) is 8.63. The summed E-state index contributed by atoms with van der Waals surface area (Å²) < 4.78 is 7.37. The van der Waals surface area contributed by atoms with Crippen molar-refractivity contribution >= 4 is 28.4 Å². The minimum Gasteiger partial charge on any atom is -0.439 e. The van der Waals surface area contributed by atoms with Crippen molar-refractivity contribution in [2.45, 2.75) is 13.5 Å². The molecular weight excluding hydrogens is 252 g/mol. The molecule has 5 nitrogen and oxygen atoms in total. The van der Waals surface area contributed by atoms with Gasteiger partial charge < -0.3 is 10.2 Å². The number of rotatable bonds is 2. The molecule has 0 saturated carbocycles. The lowest BCUT2D eigenvalue weighted by atomic mass is 10.3. The monoisotopic (exact) mass is 262 g/mol. The Morgan fingerprint density at radius 3 is 3.00 bits per heavy atom. The third kappa shape index (κ3) is 1.82. The summed E-state index contributed by atoms with van der Waals surface area (Å²) in [4.78, 5) is 4.37. The van der Waals surface area contributed by atoms with Gasteiger partial charge in [-0.2, -0.15) is 5.10 Å². The fourth-order valence-corrected chi connectivity index (χ4v) is 1.91. The van der Waals surface area contributed by atoms with Crippen molar-refractivity contribution in [1.29, 1.82) is 0 Å². The molecular formula is C12H11ClN4O. The Bertz CT molecular complexity index is 716.